The zero-order chi connectivity index (χ0) is 11.4. The van der Waals surface area contributed by atoms with Gasteiger partial charge in [0.1, 0.15) is 6.54 Å². The van der Waals surface area contributed by atoms with Crippen molar-refractivity contribution in [2.24, 2.45) is 4.99 Å². The normalized spacial score (nSPS) is 27.6. The lowest BCUT2D eigenvalue weighted by Gasteiger charge is -2.24. The van der Waals surface area contributed by atoms with Crippen molar-refractivity contribution in [2.75, 3.05) is 12.3 Å². The van der Waals surface area contributed by atoms with Gasteiger partial charge >= 0.3 is 0 Å². The second-order valence-corrected chi connectivity index (χ2v) is 5.43. The second kappa shape index (κ2) is 5.57. The number of aliphatic imine (C=N–C) groups is 1. The Hall–Kier alpha value is -0.710. The SMILES string of the molecule is CCC1CCSC(=NCC(=O)NC2CC2)N1. The fourth-order valence-corrected chi connectivity index (χ4v) is 2.63. The minimum Gasteiger partial charge on any atom is -0.362 e. The smallest absolute Gasteiger partial charge is 0.241 e. The van der Waals surface area contributed by atoms with E-state index in [1.807, 2.05) is 0 Å². The van der Waals surface area contributed by atoms with E-state index in [1.54, 1.807) is 11.8 Å². The molecule has 1 amide bonds. The van der Waals surface area contributed by atoms with Gasteiger partial charge in [0.15, 0.2) is 5.17 Å². The second-order valence-electron chi connectivity index (χ2n) is 4.35. The molecule has 0 aromatic rings. The lowest BCUT2D eigenvalue weighted by atomic mass is 10.2. The average Bonchev–Trinajstić information content (AvgIpc) is 3.10. The van der Waals surface area contributed by atoms with E-state index >= 15 is 0 Å². The van der Waals surface area contributed by atoms with Crippen LogP contribution in [-0.2, 0) is 4.79 Å². The molecule has 2 N–H and O–H groups in total. The number of rotatable bonds is 4. The molecule has 1 saturated carbocycles. The lowest BCUT2D eigenvalue weighted by Crippen LogP contribution is -2.38. The van der Waals surface area contributed by atoms with Gasteiger partial charge in [-0.1, -0.05) is 18.7 Å². The molecule has 2 rings (SSSR count). The van der Waals surface area contributed by atoms with E-state index in [2.05, 4.69) is 22.5 Å². The van der Waals surface area contributed by atoms with Crippen molar-refractivity contribution in [3.8, 4) is 0 Å². The van der Waals surface area contributed by atoms with Gasteiger partial charge in [-0.25, -0.2) is 0 Å². The Morgan fingerprint density at radius 1 is 1.56 bits per heavy atom. The zero-order valence-electron chi connectivity index (χ0n) is 9.66. The summed E-state index contributed by atoms with van der Waals surface area (Å²) in [6.07, 6.45) is 4.57. The molecule has 2 fully saturated rings. The van der Waals surface area contributed by atoms with Gasteiger partial charge in [0.05, 0.1) is 0 Å². The molecule has 1 heterocycles. The van der Waals surface area contributed by atoms with Crippen LogP contribution in [0, 0.1) is 0 Å². The van der Waals surface area contributed by atoms with E-state index in [4.69, 9.17) is 0 Å². The van der Waals surface area contributed by atoms with Crippen LogP contribution in [0.15, 0.2) is 4.99 Å². The topological polar surface area (TPSA) is 53.5 Å². The van der Waals surface area contributed by atoms with Gasteiger partial charge in [-0.3, -0.25) is 9.79 Å². The van der Waals surface area contributed by atoms with Gasteiger partial charge in [0, 0.05) is 17.8 Å². The number of carbonyl (C=O) groups is 1. The van der Waals surface area contributed by atoms with Crippen LogP contribution < -0.4 is 10.6 Å². The monoisotopic (exact) mass is 241 g/mol. The number of thioether (sulfide) groups is 1. The van der Waals surface area contributed by atoms with E-state index in [9.17, 15) is 4.79 Å². The number of amides is 1. The van der Waals surface area contributed by atoms with Gasteiger partial charge in [-0.05, 0) is 25.7 Å². The third kappa shape index (κ3) is 3.70. The summed E-state index contributed by atoms with van der Waals surface area (Å²) in [4.78, 5) is 15.8. The molecule has 0 aromatic carbocycles. The third-order valence-corrected chi connectivity index (χ3v) is 3.79. The number of amidine groups is 1. The van der Waals surface area contributed by atoms with Crippen molar-refractivity contribution in [1.29, 1.82) is 0 Å². The lowest BCUT2D eigenvalue weighted by molar-refractivity contribution is -0.119. The van der Waals surface area contributed by atoms with Crippen molar-refractivity contribution < 1.29 is 4.79 Å². The molecular formula is C11H19N3OS. The largest absolute Gasteiger partial charge is 0.362 e. The number of hydrogen-bond donors (Lipinski definition) is 2. The predicted molar refractivity (Wildman–Crippen MR) is 67.8 cm³/mol. The van der Waals surface area contributed by atoms with E-state index in [0.29, 0.717) is 12.1 Å². The first kappa shape index (κ1) is 11.8. The number of hydrogen-bond acceptors (Lipinski definition) is 3. The number of nitrogens with zero attached hydrogens (tertiary/aromatic N) is 1. The first-order valence-electron chi connectivity index (χ1n) is 6.01. The fraction of sp³-hybridized carbons (Fsp3) is 0.818. The summed E-state index contributed by atoms with van der Waals surface area (Å²) in [6, 6.07) is 0.967. The van der Waals surface area contributed by atoms with Gasteiger partial charge < -0.3 is 10.6 Å². The Bertz CT molecular complexity index is 289. The van der Waals surface area contributed by atoms with E-state index in [1.165, 1.54) is 6.42 Å². The molecule has 5 heteroatoms. The van der Waals surface area contributed by atoms with Gasteiger partial charge in [0.2, 0.25) is 5.91 Å². The van der Waals surface area contributed by atoms with E-state index in [0.717, 1.165) is 30.2 Å². The molecular weight excluding hydrogens is 222 g/mol. The van der Waals surface area contributed by atoms with Crippen LogP contribution >= 0.6 is 11.8 Å². The molecule has 1 aliphatic carbocycles. The molecule has 16 heavy (non-hydrogen) atoms. The van der Waals surface area contributed by atoms with E-state index in [-0.39, 0.29) is 12.5 Å². The predicted octanol–water partition coefficient (Wildman–Crippen LogP) is 1.13. The molecule has 1 aliphatic heterocycles. The fourth-order valence-electron chi connectivity index (χ4n) is 1.63. The Morgan fingerprint density at radius 3 is 3.06 bits per heavy atom. The molecule has 4 nitrogen and oxygen atoms in total. The van der Waals surface area contributed by atoms with Gasteiger partial charge in [0.25, 0.3) is 0 Å². The van der Waals surface area contributed by atoms with Crippen LogP contribution in [0.5, 0.6) is 0 Å². The first-order valence-corrected chi connectivity index (χ1v) is 6.99. The summed E-state index contributed by atoms with van der Waals surface area (Å²) in [7, 11) is 0. The van der Waals surface area contributed by atoms with Crippen LogP contribution in [0.2, 0.25) is 0 Å². The Labute approximate surface area is 101 Å². The summed E-state index contributed by atoms with van der Waals surface area (Å²) < 4.78 is 0. The summed E-state index contributed by atoms with van der Waals surface area (Å²) in [5, 5.41) is 7.23. The minimum atomic E-state index is 0.0519. The molecule has 0 spiro atoms. The number of carbonyl (C=O) groups excluding carboxylic acids is 1. The quantitative estimate of drug-likeness (QED) is 0.775. The molecule has 1 atom stereocenters. The molecule has 0 aromatic heterocycles. The first-order chi connectivity index (χ1) is 7.78. The van der Waals surface area contributed by atoms with Crippen LogP contribution in [0.4, 0.5) is 0 Å². The van der Waals surface area contributed by atoms with Crippen molar-refractivity contribution in [3.05, 3.63) is 0 Å². The molecule has 2 aliphatic rings. The highest BCUT2D eigenvalue weighted by atomic mass is 32.2. The van der Waals surface area contributed by atoms with Crippen molar-refractivity contribution in [1.82, 2.24) is 10.6 Å². The summed E-state index contributed by atoms with van der Waals surface area (Å²) >= 11 is 1.72. The van der Waals surface area contributed by atoms with Gasteiger partial charge in [-0.2, -0.15) is 0 Å². The maximum atomic E-state index is 11.4. The standard InChI is InChI=1S/C11H19N3OS/c1-2-8-5-6-16-11(14-8)12-7-10(15)13-9-3-4-9/h8-9H,2-7H2,1H3,(H,12,14)(H,13,15). The average molecular weight is 241 g/mol. The summed E-state index contributed by atoms with van der Waals surface area (Å²) in [5.74, 6) is 1.16. The third-order valence-electron chi connectivity index (χ3n) is 2.83. The Kier molecular flexibility index (Phi) is 4.09. The van der Waals surface area contributed by atoms with Crippen molar-refractivity contribution >= 4 is 22.8 Å². The highest BCUT2D eigenvalue weighted by molar-refractivity contribution is 8.13. The highest BCUT2D eigenvalue weighted by Gasteiger charge is 2.23. The molecule has 0 radical (unpaired) electrons. The van der Waals surface area contributed by atoms with E-state index < -0.39 is 0 Å². The molecule has 1 unspecified atom stereocenters. The maximum absolute atomic E-state index is 11.4. The minimum absolute atomic E-state index is 0.0519. The Morgan fingerprint density at radius 2 is 2.38 bits per heavy atom. The molecule has 90 valence electrons. The summed E-state index contributed by atoms with van der Waals surface area (Å²) in [6.45, 7) is 2.44. The van der Waals surface area contributed by atoms with Crippen LogP contribution in [0.25, 0.3) is 0 Å². The van der Waals surface area contributed by atoms with Crippen molar-refractivity contribution in [2.45, 2.75) is 44.7 Å². The van der Waals surface area contributed by atoms with Crippen molar-refractivity contribution in [3.63, 3.8) is 0 Å². The molecule has 1 saturated heterocycles. The van der Waals surface area contributed by atoms with Gasteiger partial charge in [-0.15, -0.1) is 0 Å². The Balaban J connectivity index is 1.74. The van der Waals surface area contributed by atoms with Crippen LogP contribution in [0.3, 0.4) is 0 Å². The highest BCUT2D eigenvalue weighted by Crippen LogP contribution is 2.18. The van der Waals surface area contributed by atoms with Crippen LogP contribution in [-0.4, -0.2) is 35.5 Å². The van der Waals surface area contributed by atoms with Crippen LogP contribution in [0.1, 0.15) is 32.6 Å². The zero-order valence-corrected chi connectivity index (χ0v) is 10.5. The molecule has 0 bridgehead atoms. The maximum Gasteiger partial charge on any atom is 0.241 e. The summed E-state index contributed by atoms with van der Waals surface area (Å²) in [5.41, 5.74) is 0. The number of nitrogens with one attached hydrogen (secondary N) is 2.